The van der Waals surface area contributed by atoms with E-state index < -0.39 is 0 Å². The highest BCUT2D eigenvalue weighted by atomic mass is 19.1. The molecule has 18 heavy (non-hydrogen) atoms. The molecule has 0 radical (unpaired) electrons. The number of halogens is 1. The smallest absolute Gasteiger partial charge is 0.129 e. The quantitative estimate of drug-likeness (QED) is 0.657. The molecule has 1 aromatic rings. The van der Waals surface area contributed by atoms with E-state index in [0.29, 0.717) is 24.4 Å². The zero-order valence-electron chi connectivity index (χ0n) is 10.7. The summed E-state index contributed by atoms with van der Waals surface area (Å²) in [5, 5.41) is 0. The van der Waals surface area contributed by atoms with E-state index in [1.54, 1.807) is 19.2 Å². The number of ether oxygens (including phenoxy) is 1. The van der Waals surface area contributed by atoms with Gasteiger partial charge >= 0.3 is 0 Å². The van der Waals surface area contributed by atoms with Crippen LogP contribution in [-0.2, 0) is 11.3 Å². The summed E-state index contributed by atoms with van der Waals surface area (Å²) in [7, 11) is 1.71. The van der Waals surface area contributed by atoms with E-state index in [-0.39, 0.29) is 5.82 Å². The van der Waals surface area contributed by atoms with Gasteiger partial charge in [-0.2, -0.15) is 0 Å². The summed E-state index contributed by atoms with van der Waals surface area (Å²) < 4.78 is 18.8. The number of methoxy groups -OCH3 is 1. The fourth-order valence-electron chi connectivity index (χ4n) is 2.15. The van der Waals surface area contributed by atoms with Crippen LogP contribution in [0, 0.1) is 5.82 Å². The normalized spacial score (nSPS) is 16.7. The third kappa shape index (κ3) is 3.31. The van der Waals surface area contributed by atoms with Gasteiger partial charge in [-0.3, -0.25) is 4.90 Å². The molecule has 98 valence electrons. The predicted octanol–water partition coefficient (Wildman–Crippen LogP) is 2.19. The minimum atomic E-state index is -0.221. The summed E-state index contributed by atoms with van der Waals surface area (Å²) in [5.74, 6) is -0.221. The average Bonchev–Trinajstić information content (AvgIpc) is 2.35. The molecular formula is C14H19FN2O. The first-order valence-corrected chi connectivity index (χ1v) is 6.12. The Morgan fingerprint density at radius 2 is 2.28 bits per heavy atom. The number of benzene rings is 1. The lowest BCUT2D eigenvalue weighted by Crippen LogP contribution is -2.29. The maximum Gasteiger partial charge on any atom is 0.129 e. The summed E-state index contributed by atoms with van der Waals surface area (Å²) >= 11 is 0. The first-order valence-electron chi connectivity index (χ1n) is 6.12. The van der Waals surface area contributed by atoms with Crippen molar-refractivity contribution in [3.05, 3.63) is 41.2 Å². The van der Waals surface area contributed by atoms with Crippen molar-refractivity contribution in [2.24, 2.45) is 0 Å². The van der Waals surface area contributed by atoms with Gasteiger partial charge in [0.2, 0.25) is 0 Å². The highest BCUT2D eigenvalue weighted by molar-refractivity contribution is 5.40. The van der Waals surface area contributed by atoms with E-state index in [0.717, 1.165) is 19.5 Å². The molecule has 0 amide bonds. The highest BCUT2D eigenvalue weighted by Gasteiger charge is 2.13. The van der Waals surface area contributed by atoms with Crippen molar-refractivity contribution < 1.29 is 9.13 Å². The largest absolute Gasteiger partial charge is 0.399 e. The average molecular weight is 250 g/mol. The summed E-state index contributed by atoms with van der Waals surface area (Å²) in [6, 6.07) is 4.89. The Bertz CT molecular complexity index is 445. The van der Waals surface area contributed by atoms with Gasteiger partial charge in [0.25, 0.3) is 0 Å². The Hall–Kier alpha value is -1.39. The number of anilines is 1. The summed E-state index contributed by atoms with van der Waals surface area (Å²) in [5.41, 5.74) is 8.03. The van der Waals surface area contributed by atoms with Crippen molar-refractivity contribution in [3.63, 3.8) is 0 Å². The van der Waals surface area contributed by atoms with E-state index in [9.17, 15) is 4.39 Å². The molecule has 1 aliphatic rings. The van der Waals surface area contributed by atoms with Gasteiger partial charge in [-0.15, -0.1) is 0 Å². The number of nitrogens with two attached hydrogens (primary N) is 1. The molecule has 0 bridgehead atoms. The molecule has 2 rings (SSSR count). The number of hydrogen-bond donors (Lipinski definition) is 1. The summed E-state index contributed by atoms with van der Waals surface area (Å²) in [4.78, 5) is 2.22. The van der Waals surface area contributed by atoms with Crippen molar-refractivity contribution in [2.75, 3.05) is 32.5 Å². The maximum atomic E-state index is 13.7. The van der Waals surface area contributed by atoms with Crippen LogP contribution in [0.25, 0.3) is 0 Å². The molecule has 0 atom stereocenters. The predicted molar refractivity (Wildman–Crippen MR) is 70.7 cm³/mol. The number of nitrogen functional groups attached to an aromatic ring is 1. The van der Waals surface area contributed by atoms with Gasteiger partial charge in [0.15, 0.2) is 0 Å². The van der Waals surface area contributed by atoms with Crippen LogP contribution >= 0.6 is 0 Å². The minimum absolute atomic E-state index is 0.221. The van der Waals surface area contributed by atoms with E-state index in [1.807, 2.05) is 0 Å². The van der Waals surface area contributed by atoms with Gasteiger partial charge in [-0.1, -0.05) is 12.1 Å². The standard InChI is InChI=1S/C14H19FN2O/c1-18-10-11-4-6-17(7-5-11)9-12-2-3-13(16)8-14(12)15/h2-4,8H,5-7,9-10,16H2,1H3. The number of hydrogen-bond acceptors (Lipinski definition) is 3. The van der Waals surface area contributed by atoms with Crippen molar-refractivity contribution in [2.45, 2.75) is 13.0 Å². The fraction of sp³-hybridized carbons (Fsp3) is 0.429. The highest BCUT2D eigenvalue weighted by Crippen LogP contribution is 2.17. The molecule has 0 saturated heterocycles. The van der Waals surface area contributed by atoms with Crippen LogP contribution in [0.3, 0.4) is 0 Å². The zero-order valence-corrected chi connectivity index (χ0v) is 10.7. The second kappa shape index (κ2) is 5.98. The molecule has 0 aromatic heterocycles. The molecule has 4 heteroatoms. The molecular weight excluding hydrogens is 231 g/mol. The Balaban J connectivity index is 1.95. The van der Waals surface area contributed by atoms with Crippen molar-refractivity contribution >= 4 is 5.69 Å². The SMILES string of the molecule is COCC1=CCN(Cc2ccc(N)cc2F)CC1. The summed E-state index contributed by atoms with van der Waals surface area (Å²) in [6.07, 6.45) is 3.16. The molecule has 1 heterocycles. The lowest BCUT2D eigenvalue weighted by Gasteiger charge is -2.26. The van der Waals surface area contributed by atoms with Gasteiger partial charge < -0.3 is 10.5 Å². The van der Waals surface area contributed by atoms with Gasteiger partial charge in [0, 0.05) is 38.0 Å². The lowest BCUT2D eigenvalue weighted by molar-refractivity contribution is 0.210. The van der Waals surface area contributed by atoms with Gasteiger partial charge in [-0.25, -0.2) is 4.39 Å². The monoisotopic (exact) mass is 250 g/mol. The first-order chi connectivity index (χ1) is 8.69. The van der Waals surface area contributed by atoms with Crippen LogP contribution in [-0.4, -0.2) is 31.7 Å². The molecule has 2 N–H and O–H groups in total. The minimum Gasteiger partial charge on any atom is -0.399 e. The van der Waals surface area contributed by atoms with E-state index in [4.69, 9.17) is 10.5 Å². The zero-order chi connectivity index (χ0) is 13.0. The molecule has 1 aliphatic heterocycles. The Kier molecular flexibility index (Phi) is 4.33. The molecule has 0 saturated carbocycles. The van der Waals surface area contributed by atoms with Crippen LogP contribution in [0.2, 0.25) is 0 Å². The van der Waals surface area contributed by atoms with Crippen LogP contribution in [0.1, 0.15) is 12.0 Å². The third-order valence-corrected chi connectivity index (χ3v) is 3.19. The maximum absolute atomic E-state index is 13.7. The lowest BCUT2D eigenvalue weighted by atomic mass is 10.1. The third-order valence-electron chi connectivity index (χ3n) is 3.19. The Morgan fingerprint density at radius 1 is 1.44 bits per heavy atom. The van der Waals surface area contributed by atoms with Gasteiger partial charge in [0.1, 0.15) is 5.82 Å². The Morgan fingerprint density at radius 3 is 2.89 bits per heavy atom. The Labute approximate surface area is 107 Å². The van der Waals surface area contributed by atoms with Gasteiger partial charge in [-0.05, 0) is 24.1 Å². The molecule has 0 spiro atoms. The van der Waals surface area contributed by atoms with Crippen molar-refractivity contribution in [1.29, 1.82) is 0 Å². The molecule has 3 nitrogen and oxygen atoms in total. The van der Waals surface area contributed by atoms with E-state index in [1.165, 1.54) is 11.6 Å². The molecule has 1 aromatic carbocycles. The first kappa shape index (κ1) is 13.1. The van der Waals surface area contributed by atoms with Crippen LogP contribution in [0.5, 0.6) is 0 Å². The number of rotatable bonds is 4. The van der Waals surface area contributed by atoms with Crippen molar-refractivity contribution in [1.82, 2.24) is 4.90 Å². The molecule has 0 aliphatic carbocycles. The fourth-order valence-corrected chi connectivity index (χ4v) is 2.15. The second-order valence-corrected chi connectivity index (χ2v) is 4.63. The van der Waals surface area contributed by atoms with Gasteiger partial charge in [0.05, 0.1) is 6.61 Å². The molecule has 0 fully saturated rings. The van der Waals surface area contributed by atoms with E-state index in [2.05, 4.69) is 11.0 Å². The van der Waals surface area contributed by atoms with Crippen molar-refractivity contribution in [3.8, 4) is 0 Å². The molecule has 0 unspecified atom stereocenters. The second-order valence-electron chi connectivity index (χ2n) is 4.63. The topological polar surface area (TPSA) is 38.5 Å². The number of nitrogens with zero attached hydrogens (tertiary/aromatic N) is 1. The van der Waals surface area contributed by atoms with Crippen LogP contribution < -0.4 is 5.73 Å². The van der Waals surface area contributed by atoms with Crippen LogP contribution in [0.15, 0.2) is 29.8 Å². The van der Waals surface area contributed by atoms with E-state index >= 15 is 0 Å². The summed E-state index contributed by atoms with van der Waals surface area (Å²) in [6.45, 7) is 3.12. The van der Waals surface area contributed by atoms with Crippen LogP contribution in [0.4, 0.5) is 10.1 Å².